The minimum Gasteiger partial charge on any atom is -0.357 e. The highest BCUT2D eigenvalue weighted by Gasteiger charge is 2.47. The molecular formula is C20H16N2O3S. The fourth-order valence-corrected chi connectivity index (χ4v) is 5.77. The van der Waals surface area contributed by atoms with Crippen LogP contribution in [0.2, 0.25) is 0 Å². The molecule has 0 saturated heterocycles. The summed E-state index contributed by atoms with van der Waals surface area (Å²) in [6.45, 7) is 0. The molecule has 26 heavy (non-hydrogen) atoms. The minimum atomic E-state index is -3.79. The first-order chi connectivity index (χ1) is 12.6. The van der Waals surface area contributed by atoms with Crippen LogP contribution >= 0.6 is 0 Å². The van der Waals surface area contributed by atoms with Crippen LogP contribution in [0.15, 0.2) is 71.6 Å². The number of nitrogens with zero attached hydrogens (tertiary/aromatic N) is 1. The predicted molar refractivity (Wildman–Crippen MR) is 98.1 cm³/mol. The molecule has 2 unspecified atom stereocenters. The smallest absolute Gasteiger partial charge is 0.244 e. The zero-order chi connectivity index (χ0) is 17.9. The maximum atomic E-state index is 13.3. The lowest BCUT2D eigenvalue weighted by Crippen LogP contribution is -2.52. The first kappa shape index (κ1) is 15.5. The highest BCUT2D eigenvalue weighted by molar-refractivity contribution is 7.89. The van der Waals surface area contributed by atoms with Crippen molar-refractivity contribution in [1.29, 1.82) is 0 Å². The summed E-state index contributed by atoms with van der Waals surface area (Å²) < 4.78 is 28.0. The first-order valence-corrected chi connectivity index (χ1v) is 9.91. The standard InChI is InChI=1S/C20H16N2O3S/c23-19-11-10-17-20-15(14-8-4-5-9-16(14)21-20)12-18(19)22(17)26(24,25)13-6-2-1-3-7-13/h1-11,17-18,21H,12H2. The molecule has 1 N–H and O–H groups in total. The van der Waals surface area contributed by atoms with Crippen LogP contribution in [0, 0.1) is 0 Å². The third-order valence-corrected chi connectivity index (χ3v) is 7.12. The van der Waals surface area contributed by atoms with E-state index >= 15 is 0 Å². The summed E-state index contributed by atoms with van der Waals surface area (Å²) in [7, 11) is -3.79. The molecule has 0 aliphatic carbocycles. The molecule has 2 atom stereocenters. The van der Waals surface area contributed by atoms with Crippen LogP contribution in [0.1, 0.15) is 17.3 Å². The van der Waals surface area contributed by atoms with Gasteiger partial charge in [-0.15, -0.1) is 0 Å². The SMILES string of the molecule is O=C1C=CC2c3[nH]c4ccccc4c3CC1N2S(=O)(=O)c1ccccc1. The Morgan fingerprint density at radius 1 is 1.00 bits per heavy atom. The summed E-state index contributed by atoms with van der Waals surface area (Å²) in [5, 5.41) is 1.05. The number of aromatic nitrogens is 1. The van der Waals surface area contributed by atoms with Crippen LogP contribution in [0.4, 0.5) is 0 Å². The summed E-state index contributed by atoms with van der Waals surface area (Å²) in [6.07, 6.45) is 3.58. The number of hydrogen-bond donors (Lipinski definition) is 1. The van der Waals surface area contributed by atoms with E-state index in [1.54, 1.807) is 36.4 Å². The third-order valence-electron chi connectivity index (χ3n) is 5.21. The Labute approximate surface area is 151 Å². The predicted octanol–water partition coefficient (Wildman–Crippen LogP) is 2.96. The van der Waals surface area contributed by atoms with Crippen LogP contribution in [-0.2, 0) is 21.2 Å². The summed E-state index contributed by atoms with van der Waals surface area (Å²) >= 11 is 0. The Morgan fingerprint density at radius 2 is 1.73 bits per heavy atom. The molecule has 2 aliphatic heterocycles. The molecule has 5 nitrogen and oxygen atoms in total. The second-order valence-electron chi connectivity index (χ2n) is 6.64. The van der Waals surface area contributed by atoms with Crippen molar-refractivity contribution in [1.82, 2.24) is 9.29 Å². The van der Waals surface area contributed by atoms with Gasteiger partial charge in [0.25, 0.3) is 0 Å². The summed E-state index contributed by atoms with van der Waals surface area (Å²) in [5.41, 5.74) is 2.85. The molecule has 3 heterocycles. The van der Waals surface area contributed by atoms with Gasteiger partial charge < -0.3 is 4.98 Å². The van der Waals surface area contributed by atoms with Gasteiger partial charge in [-0.25, -0.2) is 8.42 Å². The summed E-state index contributed by atoms with van der Waals surface area (Å²) in [6, 6.07) is 15.0. The Balaban J connectivity index is 1.73. The topological polar surface area (TPSA) is 70.2 Å². The molecule has 0 saturated carbocycles. The Hall–Kier alpha value is -2.70. The van der Waals surface area contributed by atoms with Gasteiger partial charge in [0.1, 0.15) is 0 Å². The van der Waals surface area contributed by atoms with Gasteiger partial charge in [0, 0.05) is 16.6 Å². The van der Waals surface area contributed by atoms with Crippen molar-refractivity contribution in [2.45, 2.75) is 23.4 Å². The molecule has 2 aliphatic rings. The quantitative estimate of drug-likeness (QED) is 0.760. The highest BCUT2D eigenvalue weighted by atomic mass is 32.2. The lowest BCUT2D eigenvalue weighted by Gasteiger charge is -2.40. The molecule has 0 fully saturated rings. The number of hydrogen-bond acceptors (Lipinski definition) is 3. The van der Waals surface area contributed by atoms with E-state index in [0.29, 0.717) is 6.42 Å². The molecule has 1 aromatic heterocycles. The van der Waals surface area contributed by atoms with Crippen LogP contribution in [-0.4, -0.2) is 29.5 Å². The lowest BCUT2D eigenvalue weighted by molar-refractivity contribution is -0.119. The number of ketones is 1. The monoisotopic (exact) mass is 364 g/mol. The zero-order valence-electron chi connectivity index (χ0n) is 13.8. The van der Waals surface area contributed by atoms with Gasteiger partial charge in [-0.3, -0.25) is 4.79 Å². The number of carbonyl (C=O) groups excluding carboxylic acids is 1. The van der Waals surface area contributed by atoms with Crippen LogP contribution in [0.3, 0.4) is 0 Å². The van der Waals surface area contributed by atoms with E-state index in [2.05, 4.69) is 4.98 Å². The highest BCUT2D eigenvalue weighted by Crippen LogP contribution is 2.43. The Kier molecular flexibility index (Phi) is 3.23. The minimum absolute atomic E-state index is 0.170. The first-order valence-electron chi connectivity index (χ1n) is 8.47. The van der Waals surface area contributed by atoms with E-state index < -0.39 is 22.1 Å². The van der Waals surface area contributed by atoms with Gasteiger partial charge in [-0.1, -0.05) is 42.5 Å². The van der Waals surface area contributed by atoms with E-state index in [0.717, 1.165) is 22.2 Å². The lowest BCUT2D eigenvalue weighted by atomic mass is 9.88. The fourth-order valence-electron chi connectivity index (χ4n) is 4.03. The van der Waals surface area contributed by atoms with Gasteiger partial charge in [0.15, 0.2) is 5.78 Å². The molecule has 6 heteroatoms. The van der Waals surface area contributed by atoms with Crippen LogP contribution in [0.5, 0.6) is 0 Å². The van der Waals surface area contributed by atoms with Gasteiger partial charge >= 0.3 is 0 Å². The molecular weight excluding hydrogens is 348 g/mol. The average molecular weight is 364 g/mol. The number of fused-ring (bicyclic) bond motifs is 6. The largest absolute Gasteiger partial charge is 0.357 e. The van der Waals surface area contributed by atoms with E-state index in [1.807, 2.05) is 24.3 Å². The van der Waals surface area contributed by atoms with Gasteiger partial charge in [0.2, 0.25) is 10.0 Å². The zero-order valence-corrected chi connectivity index (χ0v) is 14.6. The molecule has 2 bridgehead atoms. The van der Waals surface area contributed by atoms with Crippen molar-refractivity contribution in [3.05, 3.63) is 78.0 Å². The Morgan fingerprint density at radius 3 is 2.54 bits per heavy atom. The van der Waals surface area contributed by atoms with Crippen molar-refractivity contribution in [3.63, 3.8) is 0 Å². The van der Waals surface area contributed by atoms with Crippen molar-refractivity contribution >= 4 is 26.7 Å². The molecule has 2 aromatic carbocycles. The van der Waals surface area contributed by atoms with E-state index in [4.69, 9.17) is 0 Å². The van der Waals surface area contributed by atoms with E-state index in [-0.39, 0.29) is 10.7 Å². The molecule has 0 radical (unpaired) electrons. The molecule has 130 valence electrons. The third kappa shape index (κ3) is 2.06. The van der Waals surface area contributed by atoms with E-state index in [1.165, 1.54) is 10.4 Å². The summed E-state index contributed by atoms with van der Waals surface area (Å²) in [4.78, 5) is 16.1. The maximum absolute atomic E-state index is 13.3. The number of para-hydroxylation sites is 1. The molecule has 0 amide bonds. The number of carbonyl (C=O) groups is 1. The van der Waals surface area contributed by atoms with Gasteiger partial charge in [-0.2, -0.15) is 4.31 Å². The van der Waals surface area contributed by atoms with Crippen molar-refractivity contribution < 1.29 is 13.2 Å². The second kappa shape index (κ2) is 5.40. The van der Waals surface area contributed by atoms with Gasteiger partial charge in [0.05, 0.1) is 17.0 Å². The number of H-pyrrole nitrogens is 1. The summed E-state index contributed by atoms with van der Waals surface area (Å²) in [5.74, 6) is -0.170. The van der Waals surface area contributed by atoms with Crippen molar-refractivity contribution in [2.24, 2.45) is 0 Å². The number of sulfonamides is 1. The number of nitrogens with one attached hydrogen (secondary N) is 1. The molecule has 0 spiro atoms. The van der Waals surface area contributed by atoms with Gasteiger partial charge in [-0.05, 0) is 36.3 Å². The van der Waals surface area contributed by atoms with E-state index in [9.17, 15) is 13.2 Å². The molecule has 5 rings (SSSR count). The number of benzene rings is 2. The molecule has 3 aromatic rings. The van der Waals surface area contributed by atoms with Crippen molar-refractivity contribution in [2.75, 3.05) is 0 Å². The normalized spacial score (nSPS) is 22.5. The number of rotatable bonds is 2. The van der Waals surface area contributed by atoms with Crippen LogP contribution in [0.25, 0.3) is 10.9 Å². The number of aromatic amines is 1. The van der Waals surface area contributed by atoms with Crippen molar-refractivity contribution in [3.8, 4) is 0 Å². The maximum Gasteiger partial charge on any atom is 0.244 e. The Bertz CT molecular complexity index is 1160. The van der Waals surface area contributed by atoms with Crippen LogP contribution < -0.4 is 0 Å². The fraction of sp³-hybridized carbons (Fsp3) is 0.150. The second-order valence-corrected chi connectivity index (χ2v) is 8.48. The average Bonchev–Trinajstić information content (AvgIpc) is 3.03.